The maximum atomic E-state index is 5.95. The Kier molecular flexibility index (Phi) is 5.02. The molecule has 1 aromatic carbocycles. The van der Waals surface area contributed by atoms with Crippen molar-refractivity contribution in [2.24, 2.45) is 5.73 Å². The van der Waals surface area contributed by atoms with Crippen LogP contribution in [0, 0.1) is 0 Å². The number of hydrogen-bond donors (Lipinski definition) is 1. The second-order valence-corrected chi connectivity index (χ2v) is 5.04. The van der Waals surface area contributed by atoms with Crippen molar-refractivity contribution >= 4 is 0 Å². The van der Waals surface area contributed by atoms with Gasteiger partial charge in [0.15, 0.2) is 0 Å². The van der Waals surface area contributed by atoms with Crippen molar-refractivity contribution in [2.45, 2.75) is 31.7 Å². The maximum absolute atomic E-state index is 5.95. The molecule has 0 radical (unpaired) electrons. The molecule has 2 N–H and O–H groups in total. The number of nitrogens with two attached hydrogens (primary N) is 1. The van der Waals surface area contributed by atoms with Crippen molar-refractivity contribution in [1.82, 2.24) is 4.90 Å². The summed E-state index contributed by atoms with van der Waals surface area (Å²) < 4.78 is 5.27. The third-order valence-corrected chi connectivity index (χ3v) is 3.78. The summed E-state index contributed by atoms with van der Waals surface area (Å²) >= 11 is 0. The number of nitrogens with zero attached hydrogens (tertiary/aromatic N) is 1. The first kappa shape index (κ1) is 13.4. The van der Waals surface area contributed by atoms with Gasteiger partial charge in [0.1, 0.15) is 5.75 Å². The van der Waals surface area contributed by atoms with Gasteiger partial charge in [-0.3, -0.25) is 4.90 Å². The number of piperidine rings is 1. The lowest BCUT2D eigenvalue weighted by molar-refractivity contribution is 0.166. The van der Waals surface area contributed by atoms with Gasteiger partial charge in [0.05, 0.1) is 7.11 Å². The summed E-state index contributed by atoms with van der Waals surface area (Å²) in [7, 11) is 1.71. The fourth-order valence-electron chi connectivity index (χ4n) is 2.72. The van der Waals surface area contributed by atoms with Crippen LogP contribution in [0.15, 0.2) is 24.3 Å². The van der Waals surface area contributed by atoms with Crippen molar-refractivity contribution in [3.8, 4) is 5.75 Å². The average molecular weight is 248 g/mol. The zero-order valence-electron chi connectivity index (χ0n) is 11.3. The van der Waals surface area contributed by atoms with Gasteiger partial charge in [0, 0.05) is 12.6 Å². The molecule has 1 aliphatic rings. The molecular weight excluding hydrogens is 224 g/mol. The molecule has 3 nitrogen and oxygen atoms in total. The van der Waals surface area contributed by atoms with E-state index in [9.17, 15) is 0 Å². The zero-order chi connectivity index (χ0) is 12.8. The zero-order valence-corrected chi connectivity index (χ0v) is 11.3. The van der Waals surface area contributed by atoms with Crippen LogP contribution in [0.3, 0.4) is 0 Å². The lowest BCUT2D eigenvalue weighted by Crippen LogP contribution is -2.44. The second-order valence-electron chi connectivity index (χ2n) is 5.04. The van der Waals surface area contributed by atoms with Gasteiger partial charge in [-0.15, -0.1) is 0 Å². The van der Waals surface area contributed by atoms with Gasteiger partial charge in [-0.1, -0.05) is 18.6 Å². The van der Waals surface area contributed by atoms with Crippen LogP contribution in [0.5, 0.6) is 5.75 Å². The van der Waals surface area contributed by atoms with Gasteiger partial charge in [-0.2, -0.15) is 0 Å². The highest BCUT2D eigenvalue weighted by atomic mass is 16.5. The molecule has 1 unspecified atom stereocenters. The summed E-state index contributed by atoms with van der Waals surface area (Å²) in [6, 6.07) is 8.79. The Morgan fingerprint density at radius 1 is 1.28 bits per heavy atom. The molecule has 1 heterocycles. The minimum Gasteiger partial charge on any atom is -0.497 e. The number of benzene rings is 1. The molecule has 0 aliphatic carbocycles. The highest BCUT2D eigenvalue weighted by molar-refractivity contribution is 5.29. The summed E-state index contributed by atoms with van der Waals surface area (Å²) in [5, 5.41) is 0. The Morgan fingerprint density at radius 2 is 2.06 bits per heavy atom. The van der Waals surface area contributed by atoms with E-state index < -0.39 is 0 Å². The summed E-state index contributed by atoms with van der Waals surface area (Å²) in [5.74, 6) is 0.932. The molecule has 1 saturated heterocycles. The normalized spacial score (nSPS) is 18.6. The smallest absolute Gasteiger partial charge is 0.119 e. The van der Waals surface area contributed by atoms with Crippen molar-refractivity contribution in [3.63, 3.8) is 0 Å². The Hall–Kier alpha value is -1.06. The van der Waals surface area contributed by atoms with E-state index in [2.05, 4.69) is 23.1 Å². The number of rotatable bonds is 5. The van der Waals surface area contributed by atoms with Gasteiger partial charge < -0.3 is 10.5 Å². The summed E-state index contributed by atoms with van der Waals surface area (Å²) in [4.78, 5) is 2.54. The number of methoxy groups -OCH3 is 1. The van der Waals surface area contributed by atoms with Crippen LogP contribution in [0.4, 0.5) is 0 Å². The van der Waals surface area contributed by atoms with Crippen LogP contribution in [0.25, 0.3) is 0 Å². The molecule has 0 bridgehead atoms. The van der Waals surface area contributed by atoms with Crippen LogP contribution >= 0.6 is 0 Å². The molecule has 3 heteroatoms. The number of hydrogen-bond acceptors (Lipinski definition) is 3. The Bertz CT molecular complexity index is 361. The molecule has 0 aromatic heterocycles. The molecule has 0 saturated carbocycles. The van der Waals surface area contributed by atoms with Crippen molar-refractivity contribution < 1.29 is 4.74 Å². The molecule has 2 rings (SSSR count). The van der Waals surface area contributed by atoms with E-state index in [0.29, 0.717) is 6.04 Å². The highest BCUT2D eigenvalue weighted by Crippen LogP contribution is 2.18. The van der Waals surface area contributed by atoms with Gasteiger partial charge in [-0.05, 0) is 50.0 Å². The predicted octanol–water partition coefficient (Wildman–Crippen LogP) is 2.05. The minimum atomic E-state index is 0.470. The second kappa shape index (κ2) is 6.76. The van der Waals surface area contributed by atoms with E-state index in [4.69, 9.17) is 10.5 Å². The van der Waals surface area contributed by atoms with Crippen molar-refractivity contribution in [2.75, 3.05) is 26.7 Å². The predicted molar refractivity (Wildman–Crippen MR) is 75.0 cm³/mol. The largest absolute Gasteiger partial charge is 0.497 e. The standard InChI is InChI=1S/C15H24N2O/c1-18-15-7-5-6-13(11-15)10-14(12-16)17-8-3-2-4-9-17/h5-7,11,14H,2-4,8-10,12,16H2,1H3. The summed E-state index contributed by atoms with van der Waals surface area (Å²) in [6.45, 7) is 3.13. The lowest BCUT2D eigenvalue weighted by Gasteiger charge is -2.34. The Balaban J connectivity index is 1.99. The van der Waals surface area contributed by atoms with Gasteiger partial charge in [0.25, 0.3) is 0 Å². The van der Waals surface area contributed by atoms with Crippen molar-refractivity contribution in [1.29, 1.82) is 0 Å². The van der Waals surface area contributed by atoms with Crippen LogP contribution in [-0.2, 0) is 6.42 Å². The number of likely N-dealkylation sites (tertiary alicyclic amines) is 1. The van der Waals surface area contributed by atoms with Crippen LogP contribution in [0.1, 0.15) is 24.8 Å². The molecule has 100 valence electrons. The highest BCUT2D eigenvalue weighted by Gasteiger charge is 2.19. The topological polar surface area (TPSA) is 38.5 Å². The van der Waals surface area contributed by atoms with E-state index in [1.165, 1.54) is 37.9 Å². The van der Waals surface area contributed by atoms with E-state index in [0.717, 1.165) is 18.7 Å². The first-order chi connectivity index (χ1) is 8.83. The molecule has 18 heavy (non-hydrogen) atoms. The van der Waals surface area contributed by atoms with Crippen LogP contribution in [-0.4, -0.2) is 37.7 Å². The summed E-state index contributed by atoms with van der Waals surface area (Å²) in [5.41, 5.74) is 7.26. The van der Waals surface area contributed by atoms with Crippen molar-refractivity contribution in [3.05, 3.63) is 29.8 Å². The van der Waals surface area contributed by atoms with E-state index in [1.807, 2.05) is 6.07 Å². The average Bonchev–Trinajstić information content (AvgIpc) is 2.46. The van der Waals surface area contributed by atoms with Crippen LogP contribution in [0.2, 0.25) is 0 Å². The quantitative estimate of drug-likeness (QED) is 0.866. The van der Waals surface area contributed by atoms with E-state index >= 15 is 0 Å². The third kappa shape index (κ3) is 3.47. The monoisotopic (exact) mass is 248 g/mol. The molecule has 0 amide bonds. The number of ether oxygens (including phenoxy) is 1. The van der Waals surface area contributed by atoms with Gasteiger partial charge in [-0.25, -0.2) is 0 Å². The molecule has 1 atom stereocenters. The van der Waals surface area contributed by atoms with Gasteiger partial charge >= 0.3 is 0 Å². The first-order valence-corrected chi connectivity index (χ1v) is 6.90. The minimum absolute atomic E-state index is 0.470. The molecular formula is C15H24N2O. The van der Waals surface area contributed by atoms with Gasteiger partial charge in [0.2, 0.25) is 0 Å². The Morgan fingerprint density at radius 3 is 2.72 bits per heavy atom. The fourth-order valence-corrected chi connectivity index (χ4v) is 2.72. The SMILES string of the molecule is COc1cccc(CC(CN)N2CCCCC2)c1. The maximum Gasteiger partial charge on any atom is 0.119 e. The lowest BCUT2D eigenvalue weighted by atomic mass is 10.0. The van der Waals surface area contributed by atoms with E-state index in [1.54, 1.807) is 7.11 Å². The Labute approximate surface area is 110 Å². The third-order valence-electron chi connectivity index (χ3n) is 3.78. The molecule has 1 fully saturated rings. The van der Waals surface area contributed by atoms with Crippen LogP contribution < -0.4 is 10.5 Å². The molecule has 0 spiro atoms. The fraction of sp³-hybridized carbons (Fsp3) is 0.600. The summed E-state index contributed by atoms with van der Waals surface area (Å²) in [6.07, 6.45) is 5.02. The molecule has 1 aromatic rings. The first-order valence-electron chi connectivity index (χ1n) is 6.90. The molecule has 1 aliphatic heterocycles. The van der Waals surface area contributed by atoms with E-state index in [-0.39, 0.29) is 0 Å².